The first-order chi connectivity index (χ1) is 14.7. The van der Waals surface area contributed by atoms with Crippen LogP contribution < -0.4 is 0 Å². The van der Waals surface area contributed by atoms with Crippen molar-refractivity contribution in [2.45, 2.75) is 38.8 Å². The number of nitrogens with zero attached hydrogens (tertiary/aromatic N) is 4. The third kappa shape index (κ3) is 3.45. The second-order valence-corrected chi connectivity index (χ2v) is 9.83. The standard InChI is InChI=1S/C22H21ClN4OS2/c1-2-26-13-17(23)20(24-26)22(28)27-21(18-9-5-11-30-18)16-8-3-6-14(19(16)25-27)12-15-7-4-10-29-15/h4-5,7,9-13,16,21H,2-3,6,8H2,1H3/b14-12-/t16-,21-/m0/s1. The number of aryl methyl sites for hydroxylation is 1. The average Bonchev–Trinajstić information content (AvgIpc) is 3.53. The van der Waals surface area contributed by atoms with Crippen molar-refractivity contribution in [3.05, 3.63) is 67.3 Å². The molecule has 154 valence electrons. The van der Waals surface area contributed by atoms with Crippen LogP contribution in [0.1, 0.15) is 52.5 Å². The van der Waals surface area contributed by atoms with Crippen LogP contribution in [0.4, 0.5) is 0 Å². The van der Waals surface area contributed by atoms with Crippen LogP contribution in [0.25, 0.3) is 6.08 Å². The highest BCUT2D eigenvalue weighted by atomic mass is 35.5. The van der Waals surface area contributed by atoms with Crippen LogP contribution in [0, 0.1) is 5.92 Å². The van der Waals surface area contributed by atoms with Gasteiger partial charge in [0.25, 0.3) is 5.91 Å². The first-order valence-corrected chi connectivity index (χ1v) is 12.2. The molecular weight excluding hydrogens is 436 g/mol. The molecule has 30 heavy (non-hydrogen) atoms. The molecular formula is C22H21ClN4OS2. The zero-order valence-electron chi connectivity index (χ0n) is 16.5. The van der Waals surface area contributed by atoms with Crippen LogP contribution in [-0.2, 0) is 6.54 Å². The van der Waals surface area contributed by atoms with Gasteiger partial charge >= 0.3 is 0 Å². The molecule has 0 bridgehead atoms. The number of halogens is 1. The van der Waals surface area contributed by atoms with Crippen LogP contribution in [-0.4, -0.2) is 26.4 Å². The Balaban J connectivity index is 1.57. The number of carbonyl (C=O) groups is 1. The van der Waals surface area contributed by atoms with E-state index in [-0.39, 0.29) is 23.6 Å². The molecule has 5 nitrogen and oxygen atoms in total. The zero-order valence-corrected chi connectivity index (χ0v) is 18.9. The lowest BCUT2D eigenvalue weighted by Gasteiger charge is -2.28. The van der Waals surface area contributed by atoms with Crippen molar-refractivity contribution < 1.29 is 4.79 Å². The summed E-state index contributed by atoms with van der Waals surface area (Å²) in [5.74, 6) is -0.0393. The van der Waals surface area contributed by atoms with Gasteiger partial charge in [0.05, 0.1) is 16.8 Å². The predicted octanol–water partition coefficient (Wildman–Crippen LogP) is 6.12. The smallest absolute Gasteiger partial charge is 0.271 e. The minimum atomic E-state index is -0.233. The van der Waals surface area contributed by atoms with Crippen molar-refractivity contribution in [3.63, 3.8) is 0 Å². The van der Waals surface area contributed by atoms with Gasteiger partial charge in [0.2, 0.25) is 0 Å². The van der Waals surface area contributed by atoms with Crippen molar-refractivity contribution in [3.8, 4) is 0 Å². The summed E-state index contributed by atoms with van der Waals surface area (Å²) < 4.78 is 1.69. The van der Waals surface area contributed by atoms with Gasteiger partial charge in [-0.2, -0.15) is 10.2 Å². The lowest BCUT2D eigenvalue weighted by molar-refractivity contribution is 0.0677. The molecule has 2 atom stereocenters. The molecule has 3 aromatic rings. The lowest BCUT2D eigenvalue weighted by Crippen LogP contribution is -2.31. The molecule has 1 amide bonds. The van der Waals surface area contributed by atoms with Crippen LogP contribution >= 0.6 is 34.3 Å². The normalized spacial score (nSPS) is 22.4. The molecule has 1 fully saturated rings. The highest BCUT2D eigenvalue weighted by Crippen LogP contribution is 2.46. The molecule has 0 saturated heterocycles. The Morgan fingerprint density at radius 3 is 2.83 bits per heavy atom. The molecule has 2 aliphatic rings. The molecule has 8 heteroatoms. The summed E-state index contributed by atoms with van der Waals surface area (Å²) in [5, 5.41) is 15.4. The minimum absolute atomic E-state index is 0.109. The first kappa shape index (κ1) is 19.7. The van der Waals surface area contributed by atoms with E-state index in [1.54, 1.807) is 38.6 Å². The number of thiophene rings is 2. The maximum Gasteiger partial charge on any atom is 0.296 e. The fourth-order valence-corrected chi connectivity index (χ4v) is 6.05. The molecule has 0 radical (unpaired) electrons. The van der Waals surface area contributed by atoms with Gasteiger partial charge in [-0.1, -0.05) is 23.7 Å². The molecule has 0 N–H and O–H groups in total. The number of rotatable bonds is 4. The number of amides is 1. The summed E-state index contributed by atoms with van der Waals surface area (Å²) in [5.41, 5.74) is 2.54. The van der Waals surface area contributed by atoms with Crippen molar-refractivity contribution in [2.24, 2.45) is 11.0 Å². The summed E-state index contributed by atoms with van der Waals surface area (Å²) in [6.07, 6.45) is 7.03. The predicted molar refractivity (Wildman–Crippen MR) is 123 cm³/mol. The maximum atomic E-state index is 13.5. The molecule has 0 aromatic carbocycles. The van der Waals surface area contributed by atoms with Gasteiger partial charge in [-0.3, -0.25) is 9.48 Å². The number of allylic oxidation sites excluding steroid dienone is 1. The summed E-state index contributed by atoms with van der Waals surface area (Å²) >= 11 is 9.75. The van der Waals surface area contributed by atoms with E-state index in [9.17, 15) is 4.79 Å². The fraction of sp³-hybridized carbons (Fsp3) is 0.318. The molecule has 1 aliphatic carbocycles. The molecule has 0 unspecified atom stereocenters. The van der Waals surface area contributed by atoms with E-state index in [4.69, 9.17) is 16.7 Å². The maximum absolute atomic E-state index is 13.5. The fourth-order valence-electron chi connectivity index (χ4n) is 4.26. The van der Waals surface area contributed by atoms with Crippen molar-refractivity contribution in [2.75, 3.05) is 0 Å². The van der Waals surface area contributed by atoms with E-state index in [2.05, 4.69) is 40.1 Å². The monoisotopic (exact) mass is 456 g/mol. The summed E-state index contributed by atoms with van der Waals surface area (Å²) in [4.78, 5) is 15.9. The Morgan fingerprint density at radius 2 is 2.13 bits per heavy atom. The number of aromatic nitrogens is 2. The SMILES string of the molecule is CCn1cc(Cl)c(C(=O)N2N=C3/C(=C\c4cccs4)CCC[C@@H]3[C@H]2c2cccs2)n1. The Hall–Kier alpha value is -2.22. The summed E-state index contributed by atoms with van der Waals surface area (Å²) in [7, 11) is 0. The number of hydrogen-bond donors (Lipinski definition) is 0. The van der Waals surface area contributed by atoms with Crippen molar-refractivity contribution in [1.82, 2.24) is 14.8 Å². The quantitative estimate of drug-likeness (QED) is 0.475. The van der Waals surface area contributed by atoms with Gasteiger partial charge in [0, 0.05) is 28.4 Å². The van der Waals surface area contributed by atoms with Crippen LogP contribution in [0.2, 0.25) is 5.02 Å². The second-order valence-electron chi connectivity index (χ2n) is 7.46. The molecule has 0 spiro atoms. The molecule has 3 aromatic heterocycles. The number of hydrazone groups is 1. The van der Waals surface area contributed by atoms with Gasteiger partial charge in [0.1, 0.15) is 0 Å². The van der Waals surface area contributed by atoms with Crippen LogP contribution in [0.5, 0.6) is 0 Å². The van der Waals surface area contributed by atoms with Gasteiger partial charge in [-0.05, 0) is 60.7 Å². The van der Waals surface area contributed by atoms with Crippen LogP contribution in [0.15, 0.2) is 51.9 Å². The van der Waals surface area contributed by atoms with Crippen molar-refractivity contribution >= 4 is 52.0 Å². The van der Waals surface area contributed by atoms with Gasteiger partial charge in [-0.25, -0.2) is 5.01 Å². The average molecular weight is 457 g/mol. The van der Waals surface area contributed by atoms with Gasteiger partial charge < -0.3 is 0 Å². The molecule has 1 saturated carbocycles. The van der Waals surface area contributed by atoms with Crippen molar-refractivity contribution in [1.29, 1.82) is 0 Å². The van der Waals surface area contributed by atoms with Crippen LogP contribution in [0.3, 0.4) is 0 Å². The van der Waals surface area contributed by atoms with E-state index < -0.39 is 0 Å². The minimum Gasteiger partial charge on any atom is -0.271 e. The van der Waals surface area contributed by atoms with E-state index in [0.29, 0.717) is 11.6 Å². The number of fused-ring (bicyclic) bond motifs is 1. The van der Waals surface area contributed by atoms with E-state index in [1.807, 2.05) is 13.0 Å². The summed E-state index contributed by atoms with van der Waals surface area (Å²) in [6.45, 7) is 2.63. The molecule has 5 rings (SSSR count). The Morgan fingerprint density at radius 1 is 1.30 bits per heavy atom. The summed E-state index contributed by atoms with van der Waals surface area (Å²) in [6, 6.07) is 8.20. The zero-order chi connectivity index (χ0) is 20.7. The third-order valence-electron chi connectivity index (χ3n) is 5.65. The largest absolute Gasteiger partial charge is 0.296 e. The van der Waals surface area contributed by atoms with E-state index >= 15 is 0 Å². The van der Waals surface area contributed by atoms with Gasteiger partial charge in [0.15, 0.2) is 5.69 Å². The second kappa shape index (κ2) is 8.13. The Bertz CT molecular complexity index is 1110. The lowest BCUT2D eigenvalue weighted by atomic mass is 9.79. The first-order valence-electron chi connectivity index (χ1n) is 10.1. The molecule has 1 aliphatic heterocycles. The van der Waals surface area contributed by atoms with Gasteiger partial charge in [-0.15, -0.1) is 22.7 Å². The van der Waals surface area contributed by atoms with E-state index in [0.717, 1.165) is 29.9 Å². The highest BCUT2D eigenvalue weighted by Gasteiger charge is 2.45. The number of hydrogen-bond acceptors (Lipinski definition) is 5. The Labute approximate surface area is 188 Å². The van der Waals surface area contributed by atoms with E-state index in [1.165, 1.54) is 10.5 Å². The third-order valence-corrected chi connectivity index (χ3v) is 7.69. The topological polar surface area (TPSA) is 50.5 Å². The highest BCUT2D eigenvalue weighted by molar-refractivity contribution is 7.11. The Kier molecular flexibility index (Phi) is 5.35. The number of carbonyl (C=O) groups excluding carboxylic acids is 1. The molecule has 4 heterocycles.